The van der Waals surface area contributed by atoms with E-state index >= 15 is 0 Å². The molecule has 3 heteroatoms. The Morgan fingerprint density at radius 2 is 2.18 bits per heavy atom. The summed E-state index contributed by atoms with van der Waals surface area (Å²) in [5.41, 5.74) is 7.19. The lowest BCUT2D eigenvalue weighted by Gasteiger charge is -2.23. The molecule has 2 N–H and O–H groups in total. The molecule has 0 aliphatic carbocycles. The van der Waals surface area contributed by atoms with Gasteiger partial charge in [-0.15, -0.1) is 0 Å². The minimum Gasteiger partial charge on any atom is -0.372 e. The average molecular weight is 236 g/mol. The van der Waals surface area contributed by atoms with Gasteiger partial charge in [0.1, 0.15) is 0 Å². The van der Waals surface area contributed by atoms with Crippen molar-refractivity contribution in [2.75, 3.05) is 6.61 Å². The van der Waals surface area contributed by atoms with Gasteiger partial charge < -0.3 is 10.5 Å². The molecule has 0 bridgehead atoms. The minimum absolute atomic E-state index is 0.0226. The summed E-state index contributed by atoms with van der Waals surface area (Å²) in [6, 6.07) is 4.01. The normalized spacial score (nSPS) is 14.5. The second kappa shape index (κ2) is 8.20. The smallest absolute Gasteiger partial charge is 0.0990 e. The van der Waals surface area contributed by atoms with E-state index in [-0.39, 0.29) is 12.1 Å². The zero-order valence-electron chi connectivity index (χ0n) is 10.9. The molecule has 1 aromatic heterocycles. The van der Waals surface area contributed by atoms with Crippen LogP contribution in [0, 0.1) is 0 Å². The lowest BCUT2D eigenvalue weighted by Crippen LogP contribution is -2.30. The molecule has 0 saturated carbocycles. The van der Waals surface area contributed by atoms with Crippen molar-refractivity contribution in [1.82, 2.24) is 4.98 Å². The molecule has 0 aliphatic rings. The highest BCUT2D eigenvalue weighted by molar-refractivity contribution is 5.14. The van der Waals surface area contributed by atoms with Crippen molar-refractivity contribution in [3.8, 4) is 0 Å². The molecule has 0 amide bonds. The first-order valence-corrected chi connectivity index (χ1v) is 6.56. The molecule has 0 aromatic carbocycles. The van der Waals surface area contributed by atoms with Crippen molar-refractivity contribution >= 4 is 0 Å². The summed E-state index contributed by atoms with van der Waals surface area (Å²) in [6.45, 7) is 5.06. The molecule has 1 rings (SSSR count). The van der Waals surface area contributed by atoms with Gasteiger partial charge in [0, 0.05) is 30.6 Å². The third-order valence-electron chi connectivity index (χ3n) is 2.92. The van der Waals surface area contributed by atoms with Crippen LogP contribution in [0.15, 0.2) is 24.5 Å². The summed E-state index contributed by atoms with van der Waals surface area (Å²) >= 11 is 0. The highest BCUT2D eigenvalue weighted by atomic mass is 16.5. The van der Waals surface area contributed by atoms with E-state index in [9.17, 15) is 0 Å². The van der Waals surface area contributed by atoms with E-state index in [2.05, 4.69) is 18.8 Å². The lowest BCUT2D eigenvalue weighted by molar-refractivity contribution is 0.0310. The van der Waals surface area contributed by atoms with Crippen molar-refractivity contribution in [3.05, 3.63) is 30.1 Å². The van der Waals surface area contributed by atoms with Gasteiger partial charge in [0.15, 0.2) is 0 Å². The monoisotopic (exact) mass is 236 g/mol. The van der Waals surface area contributed by atoms with Crippen LogP contribution in [0.2, 0.25) is 0 Å². The fourth-order valence-corrected chi connectivity index (χ4v) is 1.79. The standard InChI is InChI=1S/C14H24N2O/c1-3-5-6-10-17-14(13(15)4-2)12-8-7-9-16-11-12/h7-9,11,13-14H,3-6,10,15H2,1-2H3. The number of nitrogens with zero attached hydrogens (tertiary/aromatic N) is 1. The Morgan fingerprint density at radius 3 is 2.76 bits per heavy atom. The summed E-state index contributed by atoms with van der Waals surface area (Å²) < 4.78 is 5.92. The molecule has 0 spiro atoms. The number of ether oxygens (including phenoxy) is 1. The quantitative estimate of drug-likeness (QED) is 0.706. The van der Waals surface area contributed by atoms with Crippen molar-refractivity contribution < 1.29 is 4.74 Å². The summed E-state index contributed by atoms with van der Waals surface area (Å²) in [5, 5.41) is 0. The van der Waals surface area contributed by atoms with Gasteiger partial charge in [-0.05, 0) is 18.9 Å². The van der Waals surface area contributed by atoms with Crippen LogP contribution >= 0.6 is 0 Å². The summed E-state index contributed by atoms with van der Waals surface area (Å²) in [4.78, 5) is 4.13. The number of hydrogen-bond donors (Lipinski definition) is 1. The van der Waals surface area contributed by atoms with Crippen LogP contribution in [0.25, 0.3) is 0 Å². The van der Waals surface area contributed by atoms with Gasteiger partial charge in [-0.25, -0.2) is 0 Å². The first-order valence-electron chi connectivity index (χ1n) is 6.56. The molecule has 1 heterocycles. The molecule has 2 unspecified atom stereocenters. The zero-order chi connectivity index (χ0) is 12.5. The molecule has 0 saturated heterocycles. The molecule has 0 aliphatic heterocycles. The molecule has 0 radical (unpaired) electrons. The highest BCUT2D eigenvalue weighted by Crippen LogP contribution is 2.21. The number of pyridine rings is 1. The van der Waals surface area contributed by atoms with Crippen LogP contribution in [-0.2, 0) is 4.74 Å². The largest absolute Gasteiger partial charge is 0.372 e. The SMILES string of the molecule is CCCCCOC(c1cccnc1)C(N)CC. The van der Waals surface area contributed by atoms with E-state index in [0.29, 0.717) is 0 Å². The Balaban J connectivity index is 2.55. The third-order valence-corrected chi connectivity index (χ3v) is 2.92. The Hall–Kier alpha value is -0.930. The molecular formula is C14H24N2O. The molecule has 0 fully saturated rings. The molecular weight excluding hydrogens is 212 g/mol. The van der Waals surface area contributed by atoms with Crippen molar-refractivity contribution in [1.29, 1.82) is 0 Å². The summed E-state index contributed by atoms with van der Waals surface area (Å²) in [7, 11) is 0. The second-order valence-corrected chi connectivity index (χ2v) is 4.36. The van der Waals surface area contributed by atoms with E-state index in [0.717, 1.165) is 25.0 Å². The van der Waals surface area contributed by atoms with Gasteiger partial charge in [-0.1, -0.05) is 32.8 Å². The number of nitrogens with two attached hydrogens (primary N) is 1. The van der Waals surface area contributed by atoms with Crippen LogP contribution in [0.4, 0.5) is 0 Å². The average Bonchev–Trinajstić information content (AvgIpc) is 2.39. The van der Waals surface area contributed by atoms with Gasteiger partial charge in [-0.2, -0.15) is 0 Å². The summed E-state index contributed by atoms with van der Waals surface area (Å²) in [6.07, 6.45) is 8.03. The van der Waals surface area contributed by atoms with E-state index in [4.69, 9.17) is 10.5 Å². The first-order chi connectivity index (χ1) is 8.29. The van der Waals surface area contributed by atoms with Crippen LogP contribution in [-0.4, -0.2) is 17.6 Å². The second-order valence-electron chi connectivity index (χ2n) is 4.36. The van der Waals surface area contributed by atoms with E-state index in [1.54, 1.807) is 6.20 Å². The Morgan fingerprint density at radius 1 is 1.35 bits per heavy atom. The van der Waals surface area contributed by atoms with Crippen molar-refractivity contribution in [2.24, 2.45) is 5.73 Å². The predicted molar refractivity (Wildman–Crippen MR) is 70.7 cm³/mol. The maximum atomic E-state index is 6.11. The fraction of sp³-hybridized carbons (Fsp3) is 0.643. The Bertz CT molecular complexity index is 290. The lowest BCUT2D eigenvalue weighted by atomic mass is 10.0. The Kier molecular flexibility index (Phi) is 6.82. The van der Waals surface area contributed by atoms with Crippen molar-refractivity contribution in [2.45, 2.75) is 51.7 Å². The van der Waals surface area contributed by atoms with E-state index < -0.39 is 0 Å². The zero-order valence-corrected chi connectivity index (χ0v) is 10.9. The van der Waals surface area contributed by atoms with Crippen LogP contribution < -0.4 is 5.73 Å². The van der Waals surface area contributed by atoms with E-state index in [1.807, 2.05) is 18.3 Å². The summed E-state index contributed by atoms with van der Waals surface area (Å²) in [5.74, 6) is 0. The topological polar surface area (TPSA) is 48.1 Å². The van der Waals surface area contributed by atoms with Crippen LogP contribution in [0.5, 0.6) is 0 Å². The number of unbranched alkanes of at least 4 members (excludes halogenated alkanes) is 2. The van der Waals surface area contributed by atoms with Gasteiger partial charge >= 0.3 is 0 Å². The maximum absolute atomic E-state index is 6.11. The predicted octanol–water partition coefficient (Wildman–Crippen LogP) is 3.07. The van der Waals surface area contributed by atoms with Gasteiger partial charge in [0.25, 0.3) is 0 Å². The fourth-order valence-electron chi connectivity index (χ4n) is 1.79. The molecule has 3 nitrogen and oxygen atoms in total. The molecule has 1 aromatic rings. The van der Waals surface area contributed by atoms with Gasteiger partial charge in [0.05, 0.1) is 6.10 Å². The number of rotatable bonds is 8. The first kappa shape index (κ1) is 14.1. The van der Waals surface area contributed by atoms with Gasteiger partial charge in [-0.3, -0.25) is 4.98 Å². The van der Waals surface area contributed by atoms with Crippen LogP contribution in [0.1, 0.15) is 51.2 Å². The Labute approximate surface area is 104 Å². The molecule has 96 valence electrons. The molecule has 17 heavy (non-hydrogen) atoms. The van der Waals surface area contributed by atoms with Gasteiger partial charge in [0.2, 0.25) is 0 Å². The van der Waals surface area contributed by atoms with E-state index in [1.165, 1.54) is 12.8 Å². The van der Waals surface area contributed by atoms with Crippen molar-refractivity contribution in [3.63, 3.8) is 0 Å². The maximum Gasteiger partial charge on any atom is 0.0990 e. The van der Waals surface area contributed by atoms with Crippen LogP contribution in [0.3, 0.4) is 0 Å². The highest BCUT2D eigenvalue weighted by Gasteiger charge is 2.18. The minimum atomic E-state index is -0.0226. The third kappa shape index (κ3) is 4.84. The number of aromatic nitrogens is 1. The number of hydrogen-bond acceptors (Lipinski definition) is 3. The molecule has 2 atom stereocenters.